The molecule has 0 aromatic carbocycles. The molecular weight excluding hydrogens is 232 g/mol. The van der Waals surface area contributed by atoms with E-state index in [1.807, 2.05) is 0 Å². The molecule has 0 bridgehead atoms. The molecule has 2 atom stereocenters. The number of rotatable bonds is 6. The molecule has 1 saturated heterocycles. The minimum absolute atomic E-state index is 0.0946. The van der Waals surface area contributed by atoms with E-state index in [0.29, 0.717) is 12.3 Å². The van der Waals surface area contributed by atoms with E-state index in [0.717, 1.165) is 32.4 Å². The number of amides is 1. The summed E-state index contributed by atoms with van der Waals surface area (Å²) in [6.45, 7) is 5.63. The molecule has 1 heterocycles. The van der Waals surface area contributed by atoms with Gasteiger partial charge in [-0.3, -0.25) is 4.79 Å². The average Bonchev–Trinajstić information content (AvgIpc) is 2.34. The van der Waals surface area contributed by atoms with Crippen molar-refractivity contribution >= 4 is 11.9 Å². The van der Waals surface area contributed by atoms with Crippen LogP contribution in [0.25, 0.3) is 0 Å². The number of carboxylic acids is 1. The molecule has 0 spiro atoms. The van der Waals surface area contributed by atoms with Crippen molar-refractivity contribution in [1.29, 1.82) is 0 Å². The van der Waals surface area contributed by atoms with Crippen molar-refractivity contribution in [1.82, 2.24) is 10.6 Å². The first-order valence-corrected chi connectivity index (χ1v) is 6.73. The summed E-state index contributed by atoms with van der Waals surface area (Å²) in [5.41, 5.74) is 0. The van der Waals surface area contributed by atoms with Crippen molar-refractivity contribution in [3.05, 3.63) is 0 Å². The summed E-state index contributed by atoms with van der Waals surface area (Å²) in [6.07, 6.45) is 3.58. The summed E-state index contributed by atoms with van der Waals surface area (Å²) >= 11 is 0. The van der Waals surface area contributed by atoms with E-state index < -0.39 is 12.0 Å². The average molecular weight is 256 g/mol. The summed E-state index contributed by atoms with van der Waals surface area (Å²) in [7, 11) is 0. The Morgan fingerprint density at radius 3 is 2.67 bits per heavy atom. The number of hydrogen-bond acceptors (Lipinski definition) is 3. The first-order valence-electron chi connectivity index (χ1n) is 6.73. The molecule has 1 unspecified atom stereocenters. The maximum absolute atomic E-state index is 11.7. The van der Waals surface area contributed by atoms with Gasteiger partial charge >= 0.3 is 5.97 Å². The number of carboxylic acid groups (broad SMARTS) is 1. The second kappa shape index (κ2) is 7.36. The molecule has 1 rings (SSSR count). The van der Waals surface area contributed by atoms with Gasteiger partial charge in [0, 0.05) is 6.42 Å². The van der Waals surface area contributed by atoms with Gasteiger partial charge in [-0.2, -0.15) is 0 Å². The van der Waals surface area contributed by atoms with Crippen LogP contribution in [0.2, 0.25) is 0 Å². The Morgan fingerprint density at radius 1 is 1.44 bits per heavy atom. The Labute approximate surface area is 108 Å². The first-order chi connectivity index (χ1) is 8.50. The maximum Gasteiger partial charge on any atom is 0.326 e. The molecule has 1 amide bonds. The van der Waals surface area contributed by atoms with Gasteiger partial charge in [0.1, 0.15) is 6.04 Å². The minimum atomic E-state index is -0.960. The molecule has 0 aliphatic carbocycles. The molecule has 5 nitrogen and oxygen atoms in total. The summed E-state index contributed by atoms with van der Waals surface area (Å²) in [6, 6.07) is -0.776. The zero-order valence-corrected chi connectivity index (χ0v) is 11.2. The summed E-state index contributed by atoms with van der Waals surface area (Å²) < 4.78 is 0. The number of piperidine rings is 1. The third-order valence-corrected chi connectivity index (χ3v) is 3.43. The van der Waals surface area contributed by atoms with Gasteiger partial charge in [0.25, 0.3) is 0 Å². The lowest BCUT2D eigenvalue weighted by Gasteiger charge is -2.23. The molecule has 0 aromatic heterocycles. The largest absolute Gasteiger partial charge is 0.480 e. The van der Waals surface area contributed by atoms with Crippen LogP contribution in [0.4, 0.5) is 0 Å². The first kappa shape index (κ1) is 15.0. The van der Waals surface area contributed by atoms with Crippen molar-refractivity contribution < 1.29 is 14.7 Å². The second-order valence-corrected chi connectivity index (χ2v) is 5.38. The monoisotopic (exact) mass is 256 g/mol. The van der Waals surface area contributed by atoms with Crippen LogP contribution in [-0.2, 0) is 9.59 Å². The fourth-order valence-electron chi connectivity index (χ4n) is 2.26. The molecule has 0 aromatic rings. The highest BCUT2D eigenvalue weighted by molar-refractivity contribution is 5.83. The van der Waals surface area contributed by atoms with Crippen LogP contribution in [-0.4, -0.2) is 36.1 Å². The zero-order valence-electron chi connectivity index (χ0n) is 11.2. The highest BCUT2D eigenvalue weighted by atomic mass is 16.4. The summed E-state index contributed by atoms with van der Waals surface area (Å²) in [5, 5.41) is 14.9. The lowest BCUT2D eigenvalue weighted by atomic mass is 9.94. The van der Waals surface area contributed by atoms with E-state index in [9.17, 15) is 9.59 Å². The molecule has 0 radical (unpaired) electrons. The van der Waals surface area contributed by atoms with Gasteiger partial charge in [-0.05, 0) is 44.2 Å². The quantitative estimate of drug-likeness (QED) is 0.662. The maximum atomic E-state index is 11.7. The van der Waals surface area contributed by atoms with E-state index in [1.165, 1.54) is 0 Å². The third kappa shape index (κ3) is 5.04. The van der Waals surface area contributed by atoms with Gasteiger partial charge in [-0.25, -0.2) is 4.79 Å². The molecule has 18 heavy (non-hydrogen) atoms. The smallest absolute Gasteiger partial charge is 0.326 e. The fourth-order valence-corrected chi connectivity index (χ4v) is 2.26. The second-order valence-electron chi connectivity index (χ2n) is 5.38. The number of aliphatic carboxylic acids is 1. The van der Waals surface area contributed by atoms with Crippen molar-refractivity contribution in [2.75, 3.05) is 13.1 Å². The van der Waals surface area contributed by atoms with Crippen LogP contribution in [0.3, 0.4) is 0 Å². The highest BCUT2D eigenvalue weighted by Gasteiger charge is 2.23. The number of carbonyl (C=O) groups is 2. The summed E-state index contributed by atoms with van der Waals surface area (Å²) in [4.78, 5) is 22.7. The number of carbonyl (C=O) groups excluding carboxylic acids is 1. The number of nitrogens with one attached hydrogen (secondary N) is 2. The van der Waals surface area contributed by atoms with Gasteiger partial charge in [0.15, 0.2) is 0 Å². The van der Waals surface area contributed by atoms with Crippen LogP contribution < -0.4 is 10.6 Å². The van der Waals surface area contributed by atoms with Crippen LogP contribution >= 0.6 is 0 Å². The fraction of sp³-hybridized carbons (Fsp3) is 0.846. The number of hydrogen-bond donors (Lipinski definition) is 3. The molecule has 104 valence electrons. The Bertz CT molecular complexity index is 286. The van der Waals surface area contributed by atoms with Gasteiger partial charge in [0.2, 0.25) is 5.91 Å². The van der Waals surface area contributed by atoms with E-state index in [4.69, 9.17) is 5.11 Å². The Hall–Kier alpha value is -1.10. The molecule has 3 N–H and O–H groups in total. The molecule has 1 aliphatic rings. The van der Waals surface area contributed by atoms with Crippen molar-refractivity contribution in [3.63, 3.8) is 0 Å². The lowest BCUT2D eigenvalue weighted by molar-refractivity contribution is -0.143. The van der Waals surface area contributed by atoms with Gasteiger partial charge < -0.3 is 15.7 Å². The van der Waals surface area contributed by atoms with E-state index >= 15 is 0 Å². The Morgan fingerprint density at radius 2 is 2.17 bits per heavy atom. The Kier molecular flexibility index (Phi) is 6.12. The molecule has 5 heteroatoms. The van der Waals surface area contributed by atoms with Crippen LogP contribution in [0, 0.1) is 11.8 Å². The highest BCUT2D eigenvalue weighted by Crippen LogP contribution is 2.15. The van der Waals surface area contributed by atoms with E-state index in [2.05, 4.69) is 10.6 Å². The zero-order chi connectivity index (χ0) is 13.5. The Balaban J connectivity index is 2.29. The molecule has 1 fully saturated rings. The minimum Gasteiger partial charge on any atom is -0.480 e. The van der Waals surface area contributed by atoms with Gasteiger partial charge in [-0.15, -0.1) is 0 Å². The summed E-state index contributed by atoms with van der Waals surface area (Å²) in [5.74, 6) is -0.658. The molecule has 0 saturated carbocycles. The lowest BCUT2D eigenvalue weighted by Crippen LogP contribution is -2.44. The predicted octanol–water partition coefficient (Wildman–Crippen LogP) is 0.992. The SMILES string of the molecule is CC(C)[C@@H](NC(=O)CCC1CCCNC1)C(=O)O. The molecule has 1 aliphatic heterocycles. The van der Waals surface area contributed by atoms with Crippen molar-refractivity contribution in [2.45, 2.75) is 45.6 Å². The van der Waals surface area contributed by atoms with E-state index in [1.54, 1.807) is 13.8 Å². The van der Waals surface area contributed by atoms with Crippen LogP contribution in [0.15, 0.2) is 0 Å². The van der Waals surface area contributed by atoms with E-state index in [-0.39, 0.29) is 11.8 Å². The topological polar surface area (TPSA) is 78.4 Å². The van der Waals surface area contributed by atoms with Crippen molar-refractivity contribution in [2.24, 2.45) is 11.8 Å². The normalized spacial score (nSPS) is 21.6. The standard InChI is InChI=1S/C13H24N2O3/c1-9(2)12(13(17)18)15-11(16)6-5-10-4-3-7-14-8-10/h9-10,12,14H,3-8H2,1-2H3,(H,15,16)(H,17,18)/t10?,12-/m1/s1. The van der Waals surface area contributed by atoms with Crippen molar-refractivity contribution in [3.8, 4) is 0 Å². The van der Waals surface area contributed by atoms with Crippen LogP contribution in [0.1, 0.15) is 39.5 Å². The van der Waals surface area contributed by atoms with Crippen LogP contribution in [0.5, 0.6) is 0 Å². The molecular formula is C13H24N2O3. The third-order valence-electron chi connectivity index (χ3n) is 3.43. The predicted molar refractivity (Wildman–Crippen MR) is 69.2 cm³/mol. The van der Waals surface area contributed by atoms with Gasteiger partial charge in [-0.1, -0.05) is 13.8 Å². The van der Waals surface area contributed by atoms with Gasteiger partial charge in [0.05, 0.1) is 0 Å².